The molecule has 0 bridgehead atoms. The second-order valence-electron chi connectivity index (χ2n) is 7.74. The van der Waals surface area contributed by atoms with E-state index in [4.69, 9.17) is 9.72 Å². The van der Waals surface area contributed by atoms with E-state index in [2.05, 4.69) is 30.0 Å². The van der Waals surface area contributed by atoms with Crippen LogP contribution in [0.1, 0.15) is 25.3 Å². The fraction of sp³-hybridized carbons (Fsp3) is 0.571. The number of fused-ring (bicyclic) bond motifs is 1. The van der Waals surface area contributed by atoms with Crippen LogP contribution in [0.4, 0.5) is 9.93 Å². The fourth-order valence-electron chi connectivity index (χ4n) is 4.06. The van der Waals surface area contributed by atoms with Crippen LogP contribution in [-0.4, -0.2) is 72.7 Å². The molecule has 2 amide bonds. The number of piperidine rings is 1. The molecule has 1 aromatic heterocycles. The molecule has 2 aliphatic rings. The Kier molecular flexibility index (Phi) is 5.89. The summed E-state index contributed by atoms with van der Waals surface area (Å²) < 4.78 is 6.27. The topological polar surface area (TPSA) is 66.0 Å². The van der Waals surface area contributed by atoms with Gasteiger partial charge in [-0.2, -0.15) is 0 Å². The normalized spacial score (nSPS) is 18.3. The van der Waals surface area contributed by atoms with Crippen molar-refractivity contribution in [2.75, 3.05) is 50.8 Å². The number of carbonyl (C=O) groups is 2. The van der Waals surface area contributed by atoms with Gasteiger partial charge in [-0.05, 0) is 44.4 Å². The van der Waals surface area contributed by atoms with E-state index in [1.165, 1.54) is 10.3 Å². The van der Waals surface area contributed by atoms with Gasteiger partial charge < -0.3 is 19.4 Å². The molecule has 4 rings (SSSR count). The summed E-state index contributed by atoms with van der Waals surface area (Å²) in [5.41, 5.74) is 2.30. The Morgan fingerprint density at radius 1 is 1.10 bits per heavy atom. The van der Waals surface area contributed by atoms with E-state index in [1.54, 1.807) is 23.2 Å². The predicted octanol–water partition coefficient (Wildman–Crippen LogP) is 3.12. The summed E-state index contributed by atoms with van der Waals surface area (Å²) in [5.74, 6) is 0.296. The van der Waals surface area contributed by atoms with Gasteiger partial charge in [-0.15, -0.1) is 0 Å². The Morgan fingerprint density at radius 3 is 2.48 bits per heavy atom. The van der Waals surface area contributed by atoms with Gasteiger partial charge in [0.05, 0.1) is 16.8 Å². The zero-order valence-electron chi connectivity index (χ0n) is 17.1. The zero-order valence-corrected chi connectivity index (χ0v) is 17.9. The van der Waals surface area contributed by atoms with Crippen LogP contribution in [0, 0.1) is 12.8 Å². The number of hydrogen-bond donors (Lipinski definition) is 0. The first-order chi connectivity index (χ1) is 14.0. The Balaban J connectivity index is 1.30. The molecule has 0 radical (unpaired) electrons. The van der Waals surface area contributed by atoms with Gasteiger partial charge >= 0.3 is 6.09 Å². The first-order valence-electron chi connectivity index (χ1n) is 10.4. The highest BCUT2D eigenvalue weighted by Gasteiger charge is 2.32. The number of hydrogen-bond acceptors (Lipinski definition) is 6. The molecule has 3 heterocycles. The van der Waals surface area contributed by atoms with Crippen molar-refractivity contribution in [3.05, 3.63) is 23.8 Å². The van der Waals surface area contributed by atoms with Crippen molar-refractivity contribution in [1.82, 2.24) is 14.8 Å². The number of aromatic nitrogens is 1. The highest BCUT2D eigenvalue weighted by molar-refractivity contribution is 7.22. The third kappa shape index (κ3) is 4.32. The second kappa shape index (κ2) is 8.57. The summed E-state index contributed by atoms with van der Waals surface area (Å²) in [4.78, 5) is 35.4. The van der Waals surface area contributed by atoms with Crippen LogP contribution < -0.4 is 4.90 Å². The summed E-state index contributed by atoms with van der Waals surface area (Å²) in [7, 11) is 0. The average Bonchev–Trinajstić information content (AvgIpc) is 3.17. The minimum Gasteiger partial charge on any atom is -0.450 e. The summed E-state index contributed by atoms with van der Waals surface area (Å²) in [5, 5.41) is 1.06. The van der Waals surface area contributed by atoms with E-state index in [-0.39, 0.29) is 17.9 Å². The standard InChI is InChI=1S/C21H28N4O3S/c1-3-28-21(27)25-12-10-23(11-13-25)19(26)16-6-8-24(9-7-16)20-22-17-5-4-15(2)14-18(17)29-20/h4-5,14,16H,3,6-13H2,1-2H3. The van der Waals surface area contributed by atoms with Crippen molar-refractivity contribution in [1.29, 1.82) is 0 Å². The van der Waals surface area contributed by atoms with Crippen LogP contribution in [0.3, 0.4) is 0 Å². The summed E-state index contributed by atoms with van der Waals surface area (Å²) in [6.45, 7) is 8.29. The van der Waals surface area contributed by atoms with Gasteiger partial charge in [-0.3, -0.25) is 4.79 Å². The minimum absolute atomic E-state index is 0.0667. The molecule has 2 aliphatic heterocycles. The van der Waals surface area contributed by atoms with E-state index in [1.807, 2.05) is 4.90 Å². The fourth-order valence-corrected chi connectivity index (χ4v) is 5.17. The van der Waals surface area contributed by atoms with E-state index in [9.17, 15) is 9.59 Å². The molecule has 0 aliphatic carbocycles. The Bertz CT molecular complexity index is 883. The van der Waals surface area contributed by atoms with Crippen LogP contribution in [0.25, 0.3) is 10.2 Å². The molecule has 8 heteroatoms. The van der Waals surface area contributed by atoms with Gasteiger partial charge in [-0.1, -0.05) is 17.4 Å². The van der Waals surface area contributed by atoms with Crippen LogP contribution in [0.2, 0.25) is 0 Å². The molecule has 0 saturated carbocycles. The lowest BCUT2D eigenvalue weighted by Crippen LogP contribution is -2.53. The average molecular weight is 417 g/mol. The highest BCUT2D eigenvalue weighted by atomic mass is 32.1. The molecular formula is C21H28N4O3S. The number of piperazine rings is 1. The van der Waals surface area contributed by atoms with Gasteiger partial charge in [0.25, 0.3) is 0 Å². The van der Waals surface area contributed by atoms with E-state index in [0.29, 0.717) is 32.8 Å². The lowest BCUT2D eigenvalue weighted by molar-refractivity contribution is -0.137. The van der Waals surface area contributed by atoms with Gasteiger partial charge in [-0.25, -0.2) is 9.78 Å². The third-order valence-corrected chi connectivity index (χ3v) is 6.84. The smallest absolute Gasteiger partial charge is 0.409 e. The number of thiazole rings is 1. The molecule has 0 N–H and O–H groups in total. The largest absolute Gasteiger partial charge is 0.450 e. The maximum Gasteiger partial charge on any atom is 0.409 e. The molecule has 2 fully saturated rings. The predicted molar refractivity (Wildman–Crippen MR) is 114 cm³/mol. The van der Waals surface area contributed by atoms with Gasteiger partial charge in [0, 0.05) is 45.2 Å². The first kappa shape index (κ1) is 19.9. The molecule has 0 atom stereocenters. The van der Waals surface area contributed by atoms with E-state index < -0.39 is 0 Å². The maximum absolute atomic E-state index is 12.9. The van der Waals surface area contributed by atoms with Crippen molar-refractivity contribution >= 4 is 38.7 Å². The second-order valence-corrected chi connectivity index (χ2v) is 8.75. The number of nitrogens with zero attached hydrogens (tertiary/aromatic N) is 4. The summed E-state index contributed by atoms with van der Waals surface area (Å²) in [6.07, 6.45) is 1.43. The van der Waals surface area contributed by atoms with Crippen LogP contribution in [-0.2, 0) is 9.53 Å². The Labute approximate surface area is 175 Å². The molecule has 0 unspecified atom stereocenters. The third-order valence-electron chi connectivity index (χ3n) is 5.76. The van der Waals surface area contributed by atoms with Crippen LogP contribution in [0.5, 0.6) is 0 Å². The van der Waals surface area contributed by atoms with Crippen molar-refractivity contribution in [3.8, 4) is 0 Å². The zero-order chi connectivity index (χ0) is 20.4. The highest BCUT2D eigenvalue weighted by Crippen LogP contribution is 2.32. The molecular weight excluding hydrogens is 388 g/mol. The van der Waals surface area contributed by atoms with Crippen LogP contribution in [0.15, 0.2) is 18.2 Å². The van der Waals surface area contributed by atoms with E-state index in [0.717, 1.165) is 36.6 Å². The maximum atomic E-state index is 12.9. The molecule has 7 nitrogen and oxygen atoms in total. The molecule has 29 heavy (non-hydrogen) atoms. The number of ether oxygens (including phenoxy) is 1. The van der Waals surface area contributed by atoms with Crippen molar-refractivity contribution in [2.24, 2.45) is 5.92 Å². The summed E-state index contributed by atoms with van der Waals surface area (Å²) >= 11 is 1.73. The molecule has 2 saturated heterocycles. The van der Waals surface area contributed by atoms with Crippen molar-refractivity contribution < 1.29 is 14.3 Å². The van der Waals surface area contributed by atoms with Gasteiger partial charge in [0.1, 0.15) is 0 Å². The number of benzene rings is 1. The number of rotatable bonds is 3. The van der Waals surface area contributed by atoms with Gasteiger partial charge in [0.15, 0.2) is 5.13 Å². The summed E-state index contributed by atoms with van der Waals surface area (Å²) in [6, 6.07) is 6.36. The molecule has 1 aromatic carbocycles. The van der Waals surface area contributed by atoms with Crippen LogP contribution >= 0.6 is 11.3 Å². The Hall–Kier alpha value is -2.35. The van der Waals surface area contributed by atoms with Crippen molar-refractivity contribution in [2.45, 2.75) is 26.7 Å². The SMILES string of the molecule is CCOC(=O)N1CCN(C(=O)C2CCN(c3nc4ccc(C)cc4s3)CC2)CC1. The minimum atomic E-state index is -0.279. The number of amides is 2. The Morgan fingerprint density at radius 2 is 1.79 bits per heavy atom. The number of aryl methyl sites for hydroxylation is 1. The quantitative estimate of drug-likeness (QED) is 0.769. The lowest BCUT2D eigenvalue weighted by atomic mass is 9.95. The van der Waals surface area contributed by atoms with E-state index >= 15 is 0 Å². The molecule has 0 spiro atoms. The number of anilines is 1. The van der Waals surface area contributed by atoms with Gasteiger partial charge in [0.2, 0.25) is 5.91 Å². The lowest BCUT2D eigenvalue weighted by Gasteiger charge is -2.38. The molecule has 2 aromatic rings. The first-order valence-corrected chi connectivity index (χ1v) is 11.2. The van der Waals surface area contributed by atoms with Crippen molar-refractivity contribution in [3.63, 3.8) is 0 Å². The monoisotopic (exact) mass is 416 g/mol. The number of carbonyl (C=O) groups excluding carboxylic acids is 2. The molecule has 156 valence electrons.